The summed E-state index contributed by atoms with van der Waals surface area (Å²) in [7, 11) is 0. The second-order valence-electron chi connectivity index (χ2n) is 6.61. The number of rotatable bonds is 2. The van der Waals surface area contributed by atoms with Crippen LogP contribution < -0.4 is 5.56 Å². The smallest absolute Gasteiger partial charge is 0.286 e. The van der Waals surface area contributed by atoms with Crippen LogP contribution in [0, 0.1) is 0 Å². The van der Waals surface area contributed by atoms with Crippen molar-refractivity contribution in [2.75, 3.05) is 13.1 Å². The summed E-state index contributed by atoms with van der Waals surface area (Å²) < 4.78 is 7.03. The topological polar surface area (TPSA) is 109 Å². The Balaban J connectivity index is 1.43. The van der Waals surface area contributed by atoms with Gasteiger partial charge in [-0.15, -0.1) is 0 Å². The molecule has 27 heavy (non-hydrogen) atoms. The summed E-state index contributed by atoms with van der Waals surface area (Å²) in [4.78, 5) is 39.6. The molecule has 1 N–H and O–H groups in total. The molecule has 9 nitrogen and oxygen atoms in total. The second-order valence-corrected chi connectivity index (χ2v) is 6.61. The van der Waals surface area contributed by atoms with Gasteiger partial charge in [0.15, 0.2) is 11.5 Å². The molecule has 5 rings (SSSR count). The Bertz CT molecular complexity index is 1170. The number of piperidine rings is 1. The van der Waals surface area contributed by atoms with E-state index in [2.05, 4.69) is 20.1 Å². The number of para-hydroxylation sites is 2. The van der Waals surface area contributed by atoms with Gasteiger partial charge in [-0.05, 0) is 25.0 Å². The van der Waals surface area contributed by atoms with E-state index in [0.29, 0.717) is 19.0 Å². The van der Waals surface area contributed by atoms with Crippen LogP contribution in [0.1, 0.15) is 35.0 Å². The minimum atomic E-state index is -0.452. The number of amides is 1. The van der Waals surface area contributed by atoms with E-state index in [1.54, 1.807) is 4.90 Å². The molecule has 1 atom stereocenters. The molecule has 4 aromatic rings. The monoisotopic (exact) mass is 364 g/mol. The maximum Gasteiger partial charge on any atom is 0.286 e. The summed E-state index contributed by atoms with van der Waals surface area (Å²) in [5.41, 5.74) is 1.12. The quantitative estimate of drug-likeness (QED) is 0.578. The van der Waals surface area contributed by atoms with Crippen molar-refractivity contribution in [3.63, 3.8) is 0 Å². The highest BCUT2D eigenvalue weighted by Crippen LogP contribution is 2.29. The van der Waals surface area contributed by atoms with Gasteiger partial charge >= 0.3 is 0 Å². The Kier molecular flexibility index (Phi) is 3.52. The minimum absolute atomic E-state index is 0.00157. The molecule has 1 amide bonds. The summed E-state index contributed by atoms with van der Waals surface area (Å²) in [6.07, 6.45) is 4.36. The van der Waals surface area contributed by atoms with Crippen molar-refractivity contribution in [1.29, 1.82) is 0 Å². The summed E-state index contributed by atoms with van der Waals surface area (Å²) in [6, 6.07) is 7.60. The first-order chi connectivity index (χ1) is 13.2. The first-order valence-corrected chi connectivity index (χ1v) is 8.76. The van der Waals surface area contributed by atoms with E-state index in [9.17, 15) is 9.59 Å². The molecule has 1 fully saturated rings. The molecule has 3 aromatic heterocycles. The van der Waals surface area contributed by atoms with E-state index in [1.165, 1.54) is 12.5 Å². The number of nitrogens with zero attached hydrogens (tertiary/aromatic N) is 5. The molecule has 1 aliphatic rings. The lowest BCUT2D eigenvalue weighted by atomic mass is 9.97. The summed E-state index contributed by atoms with van der Waals surface area (Å²) in [6.45, 7) is 1.04. The number of nitrogens with one attached hydrogen (secondary N) is 1. The molecule has 0 aliphatic carbocycles. The highest BCUT2D eigenvalue weighted by Gasteiger charge is 2.30. The minimum Gasteiger partial charge on any atom is -0.440 e. The van der Waals surface area contributed by atoms with Gasteiger partial charge in [0.2, 0.25) is 0 Å². The Morgan fingerprint density at radius 3 is 3.04 bits per heavy atom. The molecule has 4 heterocycles. The highest BCUT2D eigenvalue weighted by molar-refractivity contribution is 5.93. The van der Waals surface area contributed by atoms with Crippen LogP contribution >= 0.6 is 0 Å². The fourth-order valence-electron chi connectivity index (χ4n) is 3.54. The van der Waals surface area contributed by atoms with Gasteiger partial charge in [-0.25, -0.2) is 15.0 Å². The fraction of sp³-hybridized carbons (Fsp3) is 0.278. The van der Waals surface area contributed by atoms with Gasteiger partial charge in [-0.1, -0.05) is 12.1 Å². The van der Waals surface area contributed by atoms with Gasteiger partial charge in [0.1, 0.15) is 17.4 Å². The van der Waals surface area contributed by atoms with Crippen LogP contribution in [0.25, 0.3) is 16.9 Å². The summed E-state index contributed by atoms with van der Waals surface area (Å²) in [5, 5.41) is 2.67. The van der Waals surface area contributed by atoms with E-state index in [-0.39, 0.29) is 23.2 Å². The van der Waals surface area contributed by atoms with Gasteiger partial charge in [0.25, 0.3) is 17.2 Å². The van der Waals surface area contributed by atoms with E-state index in [1.807, 2.05) is 24.3 Å². The van der Waals surface area contributed by atoms with E-state index in [0.717, 1.165) is 28.5 Å². The van der Waals surface area contributed by atoms with Gasteiger partial charge in [0, 0.05) is 19.3 Å². The van der Waals surface area contributed by atoms with Crippen molar-refractivity contribution in [2.45, 2.75) is 18.8 Å². The van der Waals surface area contributed by atoms with Crippen molar-refractivity contribution in [3.8, 4) is 0 Å². The fourth-order valence-corrected chi connectivity index (χ4v) is 3.54. The van der Waals surface area contributed by atoms with Gasteiger partial charge in [0.05, 0.1) is 5.92 Å². The predicted molar refractivity (Wildman–Crippen MR) is 95.5 cm³/mol. The zero-order valence-corrected chi connectivity index (χ0v) is 14.3. The van der Waals surface area contributed by atoms with Crippen LogP contribution in [0.2, 0.25) is 0 Å². The molecule has 136 valence electrons. The first-order valence-electron chi connectivity index (χ1n) is 8.76. The molecule has 0 radical (unpaired) electrons. The SMILES string of the molecule is O=C(c1cnc2nc[nH]n2c1=O)N1CCCC(c2nc3ccccc3o2)C1. The number of carbonyl (C=O) groups excluding carboxylic acids is 1. The maximum absolute atomic E-state index is 12.9. The van der Waals surface area contributed by atoms with E-state index in [4.69, 9.17) is 4.42 Å². The number of fused-ring (bicyclic) bond motifs is 2. The number of oxazole rings is 1. The van der Waals surface area contributed by atoms with Crippen LogP contribution in [0.15, 0.2) is 46.0 Å². The van der Waals surface area contributed by atoms with Crippen molar-refractivity contribution < 1.29 is 9.21 Å². The van der Waals surface area contributed by atoms with Crippen molar-refractivity contribution >= 4 is 22.8 Å². The zero-order chi connectivity index (χ0) is 18.4. The number of hydrogen-bond donors (Lipinski definition) is 1. The molecule has 0 saturated carbocycles. The number of hydrogen-bond acceptors (Lipinski definition) is 6. The third kappa shape index (κ3) is 2.59. The van der Waals surface area contributed by atoms with Crippen LogP contribution in [0.3, 0.4) is 0 Å². The van der Waals surface area contributed by atoms with Crippen LogP contribution in [0.5, 0.6) is 0 Å². The molecular formula is C18H16N6O3. The average Bonchev–Trinajstić information content (AvgIpc) is 3.35. The zero-order valence-electron chi connectivity index (χ0n) is 14.3. The standard InChI is InChI=1S/C18H16N6O3/c25-16(12-8-19-18-20-10-21-24(18)17(12)26)23-7-3-4-11(9-23)15-22-13-5-1-2-6-14(13)27-15/h1-2,5-6,8,10-11H,3-4,7,9H2,(H,19,20,21). The van der Waals surface area contributed by atoms with Gasteiger partial charge in [-0.3, -0.25) is 14.7 Å². The van der Waals surface area contributed by atoms with Gasteiger partial charge < -0.3 is 9.32 Å². The van der Waals surface area contributed by atoms with Crippen molar-refractivity contribution in [2.24, 2.45) is 0 Å². The van der Waals surface area contributed by atoms with Gasteiger partial charge in [-0.2, -0.15) is 4.52 Å². The van der Waals surface area contributed by atoms with Crippen LogP contribution in [0.4, 0.5) is 0 Å². The Morgan fingerprint density at radius 2 is 2.15 bits per heavy atom. The lowest BCUT2D eigenvalue weighted by Gasteiger charge is -2.31. The van der Waals surface area contributed by atoms with Crippen molar-refractivity contribution in [3.05, 3.63) is 58.6 Å². The number of likely N-dealkylation sites (tertiary alicyclic amines) is 1. The third-order valence-electron chi connectivity index (χ3n) is 4.91. The number of carbonyl (C=O) groups is 1. The number of benzene rings is 1. The molecule has 9 heteroatoms. The number of aromatic amines is 1. The highest BCUT2D eigenvalue weighted by atomic mass is 16.3. The maximum atomic E-state index is 12.9. The average molecular weight is 364 g/mol. The number of H-pyrrole nitrogens is 1. The summed E-state index contributed by atoms with van der Waals surface area (Å²) in [5.74, 6) is 0.533. The molecule has 1 saturated heterocycles. The summed E-state index contributed by atoms with van der Waals surface area (Å²) >= 11 is 0. The predicted octanol–water partition coefficient (Wildman–Crippen LogP) is 1.58. The van der Waals surface area contributed by atoms with Crippen LogP contribution in [-0.2, 0) is 0 Å². The third-order valence-corrected chi connectivity index (χ3v) is 4.91. The molecule has 1 aromatic carbocycles. The first kappa shape index (κ1) is 15.7. The molecule has 1 unspecified atom stereocenters. The van der Waals surface area contributed by atoms with Crippen LogP contribution in [-0.4, -0.2) is 48.5 Å². The van der Waals surface area contributed by atoms with E-state index < -0.39 is 5.56 Å². The largest absolute Gasteiger partial charge is 0.440 e. The molecule has 0 spiro atoms. The lowest BCUT2D eigenvalue weighted by molar-refractivity contribution is 0.0696. The Hall–Kier alpha value is -3.49. The normalized spacial score (nSPS) is 17.6. The van der Waals surface area contributed by atoms with E-state index >= 15 is 0 Å². The molecular weight excluding hydrogens is 348 g/mol. The van der Waals surface area contributed by atoms with Crippen molar-refractivity contribution in [1.82, 2.24) is 29.5 Å². The molecule has 1 aliphatic heterocycles. The number of aromatic nitrogens is 5. The lowest BCUT2D eigenvalue weighted by Crippen LogP contribution is -2.41. The Labute approximate surface area is 152 Å². The molecule has 0 bridgehead atoms. The second kappa shape index (κ2) is 6.04. The Morgan fingerprint density at radius 1 is 1.26 bits per heavy atom.